The lowest BCUT2D eigenvalue weighted by atomic mass is 9.73. The van der Waals surface area contributed by atoms with Crippen molar-refractivity contribution in [3.05, 3.63) is 95.1 Å². The summed E-state index contributed by atoms with van der Waals surface area (Å²) in [6, 6.07) is 25.1. The van der Waals surface area contributed by atoms with Gasteiger partial charge in [-0.2, -0.15) is 0 Å². The van der Waals surface area contributed by atoms with Gasteiger partial charge < -0.3 is 19.7 Å². The maximum Gasteiger partial charge on any atom is 0.119 e. The van der Waals surface area contributed by atoms with Gasteiger partial charge in [0.1, 0.15) is 24.2 Å². The minimum atomic E-state index is -0.672. The Morgan fingerprint density at radius 2 is 1.23 bits per heavy atom. The van der Waals surface area contributed by atoms with Crippen molar-refractivity contribution >= 4 is 11.6 Å². The second kappa shape index (κ2) is 11.9. The normalized spacial score (nSPS) is 12.9. The molecule has 35 heavy (non-hydrogen) atoms. The van der Waals surface area contributed by atoms with Crippen molar-refractivity contribution in [3.63, 3.8) is 0 Å². The molecule has 0 radical (unpaired) electrons. The fourth-order valence-electron chi connectivity index (χ4n) is 4.06. The van der Waals surface area contributed by atoms with E-state index in [1.54, 1.807) is 0 Å². The van der Waals surface area contributed by atoms with Gasteiger partial charge in [0, 0.05) is 23.9 Å². The summed E-state index contributed by atoms with van der Waals surface area (Å²) in [6.45, 7) is 9.76. The van der Waals surface area contributed by atoms with Gasteiger partial charge in [-0.1, -0.05) is 76.2 Å². The molecule has 0 amide bonds. The monoisotopic (exact) mass is 496 g/mol. The summed E-state index contributed by atoms with van der Waals surface area (Å²) in [5, 5.41) is 18.5. The van der Waals surface area contributed by atoms with Crippen LogP contribution in [0.2, 0.25) is 0 Å². The second-order valence-corrected chi connectivity index (χ2v) is 10.2. The fourth-order valence-corrected chi connectivity index (χ4v) is 4.15. The zero-order valence-electron chi connectivity index (χ0n) is 21.1. The van der Waals surface area contributed by atoms with Gasteiger partial charge in [0.2, 0.25) is 0 Å². The first-order valence-corrected chi connectivity index (χ1v) is 12.6. The second-order valence-electron chi connectivity index (χ2n) is 9.92. The SMILES string of the molecule is CC(C)(c1ccc(OCCCO)cc1)c1cccc(C(C)(C)c2ccc(OCC(O)CCl)cc2)c1. The summed E-state index contributed by atoms with van der Waals surface area (Å²) in [5.74, 6) is 1.69. The maximum absolute atomic E-state index is 9.61. The van der Waals surface area contributed by atoms with Gasteiger partial charge in [-0.15, -0.1) is 11.6 Å². The van der Waals surface area contributed by atoms with E-state index in [0.29, 0.717) is 18.8 Å². The summed E-state index contributed by atoms with van der Waals surface area (Å²) in [7, 11) is 0. The standard InChI is InChI=1S/C30H37ClO4/c1-29(2,22-9-13-27(14-10-22)34-18-6-17-32)24-7-5-8-25(19-24)30(3,4)23-11-15-28(16-12-23)35-21-26(33)20-31/h5,7-16,19,26,32-33H,6,17-18,20-21H2,1-4H3. The van der Waals surface area contributed by atoms with E-state index in [9.17, 15) is 5.11 Å². The third kappa shape index (κ3) is 6.78. The molecule has 1 unspecified atom stereocenters. The maximum atomic E-state index is 9.61. The number of hydrogen-bond donors (Lipinski definition) is 2. The number of rotatable bonds is 12. The zero-order valence-corrected chi connectivity index (χ0v) is 21.9. The highest BCUT2D eigenvalue weighted by Crippen LogP contribution is 2.37. The molecule has 4 nitrogen and oxygen atoms in total. The number of ether oxygens (including phenoxy) is 2. The third-order valence-corrected chi connectivity index (χ3v) is 7.01. The summed E-state index contributed by atoms with van der Waals surface area (Å²) in [4.78, 5) is 0. The molecule has 0 bridgehead atoms. The van der Waals surface area contributed by atoms with Crippen LogP contribution in [0.25, 0.3) is 0 Å². The van der Waals surface area contributed by atoms with Crippen molar-refractivity contribution in [2.75, 3.05) is 25.7 Å². The lowest BCUT2D eigenvalue weighted by Gasteiger charge is -2.31. The Morgan fingerprint density at radius 3 is 1.69 bits per heavy atom. The Labute approximate surface area is 214 Å². The molecule has 3 aromatic rings. The molecule has 1 atom stereocenters. The van der Waals surface area contributed by atoms with Gasteiger partial charge in [0.05, 0.1) is 12.5 Å². The van der Waals surface area contributed by atoms with Gasteiger partial charge in [-0.25, -0.2) is 0 Å². The molecular weight excluding hydrogens is 460 g/mol. The van der Waals surface area contributed by atoms with Crippen molar-refractivity contribution in [3.8, 4) is 11.5 Å². The van der Waals surface area contributed by atoms with Crippen LogP contribution in [0.15, 0.2) is 72.8 Å². The summed E-state index contributed by atoms with van der Waals surface area (Å²) in [5.41, 5.74) is 4.48. The molecule has 0 aromatic heterocycles. The molecule has 0 spiro atoms. The summed E-state index contributed by atoms with van der Waals surface area (Å²) < 4.78 is 11.3. The molecule has 0 aliphatic rings. The number of hydrogen-bond acceptors (Lipinski definition) is 4. The molecule has 0 aliphatic carbocycles. The third-order valence-electron chi connectivity index (χ3n) is 6.65. The average molecular weight is 497 g/mol. The van der Waals surface area contributed by atoms with E-state index in [2.05, 4.69) is 76.2 Å². The van der Waals surface area contributed by atoms with Gasteiger partial charge >= 0.3 is 0 Å². The van der Waals surface area contributed by atoms with Crippen molar-refractivity contribution in [2.24, 2.45) is 0 Å². The number of aliphatic hydroxyl groups is 2. The van der Waals surface area contributed by atoms with E-state index in [-0.39, 0.29) is 29.9 Å². The number of halogens is 1. The number of alkyl halides is 1. The van der Waals surface area contributed by atoms with Crippen LogP contribution in [0.3, 0.4) is 0 Å². The number of benzene rings is 3. The van der Waals surface area contributed by atoms with Crippen LogP contribution >= 0.6 is 11.6 Å². The molecule has 2 N–H and O–H groups in total. The quantitative estimate of drug-likeness (QED) is 0.236. The van der Waals surface area contributed by atoms with Crippen molar-refractivity contribution in [2.45, 2.75) is 51.0 Å². The highest BCUT2D eigenvalue weighted by Gasteiger charge is 2.28. The van der Waals surface area contributed by atoms with Crippen molar-refractivity contribution < 1.29 is 19.7 Å². The Bertz CT molecular complexity index is 1060. The Hall–Kier alpha value is -2.53. The molecule has 0 aliphatic heterocycles. The first-order valence-electron chi connectivity index (χ1n) is 12.1. The lowest BCUT2D eigenvalue weighted by molar-refractivity contribution is 0.125. The Morgan fingerprint density at radius 1 is 0.743 bits per heavy atom. The van der Waals surface area contributed by atoms with E-state index in [1.165, 1.54) is 22.3 Å². The van der Waals surface area contributed by atoms with Crippen molar-refractivity contribution in [1.82, 2.24) is 0 Å². The summed E-state index contributed by atoms with van der Waals surface area (Å²) in [6.07, 6.45) is -0.0446. The highest BCUT2D eigenvalue weighted by molar-refractivity contribution is 6.18. The Kier molecular flexibility index (Phi) is 9.23. The van der Waals surface area contributed by atoms with Crippen LogP contribution in [0.1, 0.15) is 56.4 Å². The molecule has 0 saturated carbocycles. The van der Waals surface area contributed by atoms with Gasteiger partial charge in [0.15, 0.2) is 0 Å². The molecule has 188 valence electrons. The van der Waals surface area contributed by atoms with Gasteiger partial charge in [-0.3, -0.25) is 0 Å². The van der Waals surface area contributed by atoms with E-state index < -0.39 is 6.10 Å². The molecule has 3 aromatic carbocycles. The first kappa shape index (κ1) is 27.1. The minimum absolute atomic E-state index is 0.133. The molecule has 0 heterocycles. The Balaban J connectivity index is 1.79. The topological polar surface area (TPSA) is 58.9 Å². The molecule has 3 rings (SSSR count). The van der Waals surface area contributed by atoms with E-state index in [0.717, 1.165) is 5.75 Å². The van der Waals surface area contributed by atoms with Crippen LogP contribution in [-0.2, 0) is 10.8 Å². The van der Waals surface area contributed by atoms with Gasteiger partial charge in [0.25, 0.3) is 0 Å². The van der Waals surface area contributed by atoms with Crippen LogP contribution in [0.4, 0.5) is 0 Å². The van der Waals surface area contributed by atoms with E-state index in [4.69, 9.17) is 26.2 Å². The molecule has 0 saturated heterocycles. The highest BCUT2D eigenvalue weighted by atomic mass is 35.5. The molecule has 5 heteroatoms. The zero-order chi connectivity index (χ0) is 25.5. The molecule has 0 fully saturated rings. The predicted octanol–water partition coefficient (Wildman–Crippen LogP) is 6.08. The van der Waals surface area contributed by atoms with Crippen LogP contribution < -0.4 is 9.47 Å². The van der Waals surface area contributed by atoms with Crippen LogP contribution in [0.5, 0.6) is 11.5 Å². The summed E-state index contributed by atoms with van der Waals surface area (Å²) >= 11 is 5.64. The van der Waals surface area contributed by atoms with E-state index in [1.807, 2.05) is 24.3 Å². The van der Waals surface area contributed by atoms with E-state index >= 15 is 0 Å². The number of aliphatic hydroxyl groups excluding tert-OH is 2. The van der Waals surface area contributed by atoms with Gasteiger partial charge in [-0.05, 0) is 46.5 Å². The lowest BCUT2D eigenvalue weighted by Crippen LogP contribution is -2.23. The largest absolute Gasteiger partial charge is 0.494 e. The molecular formula is C30H37ClO4. The average Bonchev–Trinajstić information content (AvgIpc) is 2.88. The van der Waals surface area contributed by atoms with Crippen LogP contribution in [-0.4, -0.2) is 42.0 Å². The first-order chi connectivity index (χ1) is 16.7. The fraction of sp³-hybridized carbons (Fsp3) is 0.400. The van der Waals surface area contributed by atoms with Crippen molar-refractivity contribution in [1.29, 1.82) is 0 Å². The van der Waals surface area contributed by atoms with Crippen LogP contribution in [0, 0.1) is 0 Å². The minimum Gasteiger partial charge on any atom is -0.494 e. The smallest absolute Gasteiger partial charge is 0.119 e. The predicted molar refractivity (Wildman–Crippen MR) is 143 cm³/mol.